The second kappa shape index (κ2) is 8.26. The van der Waals surface area contributed by atoms with E-state index in [9.17, 15) is 18.8 Å². The van der Waals surface area contributed by atoms with E-state index in [1.54, 1.807) is 12.1 Å². The van der Waals surface area contributed by atoms with Crippen LogP contribution in [0.4, 0.5) is 14.3 Å². The molecule has 2 N–H and O–H groups in total. The summed E-state index contributed by atoms with van der Waals surface area (Å²) in [5, 5.41) is 7.60. The molecule has 0 bridgehead atoms. The third-order valence-corrected chi connectivity index (χ3v) is 5.02. The Morgan fingerprint density at radius 1 is 1.41 bits per heavy atom. The van der Waals surface area contributed by atoms with Gasteiger partial charge < -0.3 is 10.6 Å². The normalized spacial score (nSPS) is 16.5. The molecule has 9 heteroatoms. The van der Waals surface area contributed by atoms with Gasteiger partial charge in [0.15, 0.2) is 5.13 Å². The van der Waals surface area contributed by atoms with Gasteiger partial charge in [-0.25, -0.2) is 14.2 Å². The van der Waals surface area contributed by atoms with E-state index in [0.717, 1.165) is 10.6 Å². The number of amides is 4. The van der Waals surface area contributed by atoms with E-state index in [2.05, 4.69) is 15.6 Å². The highest BCUT2D eigenvalue weighted by Crippen LogP contribution is 2.16. The Balaban J connectivity index is 1.49. The first kappa shape index (κ1) is 19.0. The molecular weight excluding hydrogens is 371 g/mol. The maximum atomic E-state index is 13.2. The third-order valence-electron chi connectivity index (χ3n) is 4.15. The lowest BCUT2D eigenvalue weighted by Crippen LogP contribution is -2.33. The van der Waals surface area contributed by atoms with Crippen LogP contribution in [-0.4, -0.2) is 40.3 Å². The van der Waals surface area contributed by atoms with Crippen molar-refractivity contribution in [3.05, 3.63) is 46.7 Å². The number of nitrogens with one attached hydrogen (secondary N) is 2. The van der Waals surface area contributed by atoms with Crippen LogP contribution in [0.25, 0.3) is 0 Å². The van der Waals surface area contributed by atoms with Gasteiger partial charge in [0.25, 0.3) is 5.91 Å². The second-order valence-corrected chi connectivity index (χ2v) is 7.11. The Morgan fingerprint density at radius 3 is 2.93 bits per heavy atom. The molecule has 1 fully saturated rings. The van der Waals surface area contributed by atoms with Crippen molar-refractivity contribution in [1.29, 1.82) is 0 Å². The number of carbonyl (C=O) groups excluding carboxylic acids is 3. The average Bonchev–Trinajstić information content (AvgIpc) is 3.14. The molecular formula is C18H19FN4O3S. The van der Waals surface area contributed by atoms with Gasteiger partial charge in [0, 0.05) is 18.3 Å². The van der Waals surface area contributed by atoms with Gasteiger partial charge in [-0.15, -0.1) is 11.3 Å². The molecule has 142 valence electrons. The Bertz CT molecular complexity index is 870. The molecule has 1 atom stereocenters. The summed E-state index contributed by atoms with van der Waals surface area (Å²) in [5.74, 6) is -0.983. The van der Waals surface area contributed by atoms with Crippen LogP contribution >= 0.6 is 11.3 Å². The number of hydrogen-bond donors (Lipinski definition) is 2. The number of urea groups is 1. The van der Waals surface area contributed by atoms with Crippen molar-refractivity contribution in [3.8, 4) is 0 Å². The minimum Gasteiger partial charge on any atom is -0.326 e. The number of aryl methyl sites for hydroxylation is 1. The number of benzene rings is 1. The van der Waals surface area contributed by atoms with Gasteiger partial charge >= 0.3 is 6.03 Å². The van der Waals surface area contributed by atoms with Crippen molar-refractivity contribution in [2.45, 2.75) is 32.2 Å². The molecule has 1 aromatic heterocycles. The van der Waals surface area contributed by atoms with Crippen molar-refractivity contribution in [2.75, 3.05) is 11.9 Å². The maximum Gasteiger partial charge on any atom is 0.324 e. The minimum absolute atomic E-state index is 0.0903. The summed E-state index contributed by atoms with van der Waals surface area (Å²) in [7, 11) is 0. The molecule has 0 aliphatic carbocycles. The molecule has 0 spiro atoms. The van der Waals surface area contributed by atoms with E-state index < -0.39 is 12.1 Å². The number of anilines is 1. The molecule has 1 aromatic carbocycles. The third kappa shape index (κ3) is 4.88. The molecule has 1 aliphatic rings. The Morgan fingerprint density at radius 2 is 2.22 bits per heavy atom. The van der Waals surface area contributed by atoms with Crippen molar-refractivity contribution in [2.24, 2.45) is 0 Å². The molecule has 2 aromatic rings. The lowest BCUT2D eigenvalue weighted by atomic mass is 10.1. The lowest BCUT2D eigenvalue weighted by Gasteiger charge is -2.13. The number of carbonyl (C=O) groups is 3. The highest BCUT2D eigenvalue weighted by atomic mass is 32.1. The number of imide groups is 1. The van der Waals surface area contributed by atoms with Crippen LogP contribution in [0.2, 0.25) is 0 Å². The summed E-state index contributed by atoms with van der Waals surface area (Å²) in [6, 6.07) is 4.82. The van der Waals surface area contributed by atoms with Crippen molar-refractivity contribution < 1.29 is 18.8 Å². The standard InChI is InChI=1S/C18H19FN4O3S/c1-11-10-27-17(20-11)22-15(24)6-5-14-16(25)23(18(26)21-14)8-7-12-3-2-4-13(19)9-12/h2-4,9-10,14H,5-8H2,1H3,(H,21,26)(H,20,22,24)/t14-/m1/s1. The van der Waals surface area contributed by atoms with Gasteiger partial charge in [0.1, 0.15) is 11.9 Å². The van der Waals surface area contributed by atoms with Gasteiger partial charge in [-0.05, 0) is 37.5 Å². The smallest absolute Gasteiger partial charge is 0.324 e. The van der Waals surface area contributed by atoms with E-state index in [0.29, 0.717) is 17.1 Å². The summed E-state index contributed by atoms with van der Waals surface area (Å²) in [5.41, 5.74) is 1.53. The van der Waals surface area contributed by atoms with Crippen molar-refractivity contribution in [1.82, 2.24) is 15.2 Å². The Hall–Kier alpha value is -2.81. The molecule has 0 radical (unpaired) electrons. The van der Waals surface area contributed by atoms with E-state index in [1.165, 1.54) is 23.5 Å². The van der Waals surface area contributed by atoms with E-state index in [4.69, 9.17) is 0 Å². The molecule has 7 nitrogen and oxygen atoms in total. The van der Waals surface area contributed by atoms with Gasteiger partial charge in [-0.1, -0.05) is 12.1 Å². The number of nitrogens with zero attached hydrogens (tertiary/aromatic N) is 2. The first-order chi connectivity index (χ1) is 12.9. The number of halogens is 1. The van der Waals surface area contributed by atoms with Crippen molar-refractivity contribution >= 4 is 34.3 Å². The van der Waals surface area contributed by atoms with Crippen molar-refractivity contribution in [3.63, 3.8) is 0 Å². The quantitative estimate of drug-likeness (QED) is 0.711. The zero-order valence-electron chi connectivity index (χ0n) is 14.7. The summed E-state index contributed by atoms with van der Waals surface area (Å²) in [6.45, 7) is 1.99. The topological polar surface area (TPSA) is 91.4 Å². The predicted octanol–water partition coefficient (Wildman–Crippen LogP) is 2.47. The molecule has 1 aliphatic heterocycles. The zero-order valence-corrected chi connectivity index (χ0v) is 15.5. The van der Waals surface area contributed by atoms with E-state index in [1.807, 2.05) is 12.3 Å². The molecule has 3 rings (SSSR count). The van der Waals surface area contributed by atoms with Gasteiger partial charge in [0.2, 0.25) is 5.91 Å². The largest absolute Gasteiger partial charge is 0.326 e. The monoisotopic (exact) mass is 390 g/mol. The van der Waals surface area contributed by atoms with Gasteiger partial charge in [0.05, 0.1) is 5.69 Å². The average molecular weight is 390 g/mol. The SMILES string of the molecule is Cc1csc(NC(=O)CC[C@H]2NC(=O)N(CCc3cccc(F)c3)C2=O)n1. The molecule has 1 saturated heterocycles. The second-order valence-electron chi connectivity index (χ2n) is 6.25. The number of thiazole rings is 1. The highest BCUT2D eigenvalue weighted by Gasteiger charge is 2.37. The first-order valence-corrected chi connectivity index (χ1v) is 9.38. The number of hydrogen-bond acceptors (Lipinski definition) is 5. The fraction of sp³-hybridized carbons (Fsp3) is 0.333. The summed E-state index contributed by atoms with van der Waals surface area (Å²) in [6.07, 6.45) is 0.664. The molecule has 27 heavy (non-hydrogen) atoms. The first-order valence-electron chi connectivity index (χ1n) is 8.50. The number of rotatable bonds is 7. The maximum absolute atomic E-state index is 13.2. The van der Waals surface area contributed by atoms with Crippen LogP contribution in [0.1, 0.15) is 24.1 Å². The Kier molecular flexibility index (Phi) is 5.80. The van der Waals surface area contributed by atoms with E-state index in [-0.39, 0.29) is 37.0 Å². The zero-order chi connectivity index (χ0) is 19.4. The lowest BCUT2D eigenvalue weighted by molar-refractivity contribution is -0.127. The van der Waals surface area contributed by atoms with Gasteiger partial charge in [-0.3, -0.25) is 14.5 Å². The van der Waals surface area contributed by atoms with Crippen LogP contribution in [0.15, 0.2) is 29.6 Å². The van der Waals surface area contributed by atoms with Crippen LogP contribution in [-0.2, 0) is 16.0 Å². The minimum atomic E-state index is -0.728. The fourth-order valence-electron chi connectivity index (χ4n) is 2.79. The van der Waals surface area contributed by atoms with Gasteiger partial charge in [-0.2, -0.15) is 0 Å². The van der Waals surface area contributed by atoms with Crippen LogP contribution in [0.3, 0.4) is 0 Å². The molecule has 2 heterocycles. The summed E-state index contributed by atoms with van der Waals surface area (Å²) in [4.78, 5) is 41.7. The molecule has 0 saturated carbocycles. The number of aromatic nitrogens is 1. The van der Waals surface area contributed by atoms with E-state index >= 15 is 0 Å². The van der Waals surface area contributed by atoms with Crippen LogP contribution < -0.4 is 10.6 Å². The Labute approximate surface area is 159 Å². The summed E-state index contributed by atoms with van der Waals surface area (Å²) < 4.78 is 13.2. The fourth-order valence-corrected chi connectivity index (χ4v) is 3.49. The molecule has 0 unspecified atom stereocenters. The predicted molar refractivity (Wildman–Crippen MR) is 98.9 cm³/mol. The van der Waals surface area contributed by atoms with Crippen LogP contribution in [0.5, 0.6) is 0 Å². The summed E-state index contributed by atoms with van der Waals surface area (Å²) >= 11 is 1.33. The highest BCUT2D eigenvalue weighted by molar-refractivity contribution is 7.13. The molecule has 4 amide bonds. The van der Waals surface area contributed by atoms with Crippen LogP contribution in [0, 0.1) is 12.7 Å².